The van der Waals surface area contributed by atoms with Crippen molar-refractivity contribution in [3.8, 4) is 0 Å². The zero-order valence-corrected chi connectivity index (χ0v) is 8.69. The van der Waals surface area contributed by atoms with Crippen LogP contribution in [0.4, 0.5) is 5.69 Å². The fourth-order valence-corrected chi connectivity index (χ4v) is 1.41. The fraction of sp³-hybridized carbons (Fsp3) is 0.250. The average Bonchev–Trinajstić information content (AvgIpc) is 2.08. The summed E-state index contributed by atoms with van der Waals surface area (Å²) >= 11 is 9.18. The summed E-state index contributed by atoms with van der Waals surface area (Å²) < 4.78 is 0.833. The van der Waals surface area contributed by atoms with Crippen molar-refractivity contribution in [2.24, 2.45) is 0 Å². The molecule has 12 heavy (non-hydrogen) atoms. The van der Waals surface area contributed by atoms with E-state index >= 15 is 0 Å². The van der Waals surface area contributed by atoms with Crippen LogP contribution in [0.3, 0.4) is 0 Å². The highest BCUT2D eigenvalue weighted by molar-refractivity contribution is 9.10. The summed E-state index contributed by atoms with van der Waals surface area (Å²) in [6.07, 6.45) is 0. The van der Waals surface area contributed by atoms with E-state index in [4.69, 9.17) is 16.7 Å². The van der Waals surface area contributed by atoms with Gasteiger partial charge in [-0.25, -0.2) is 0 Å². The SMILES string of the molecule is OCCNc1cccc(Cl)c1Br. The van der Waals surface area contributed by atoms with Crippen molar-refractivity contribution in [3.05, 3.63) is 27.7 Å². The van der Waals surface area contributed by atoms with Gasteiger partial charge in [0, 0.05) is 6.54 Å². The number of benzene rings is 1. The van der Waals surface area contributed by atoms with E-state index in [1.165, 1.54) is 0 Å². The van der Waals surface area contributed by atoms with Crippen molar-refractivity contribution < 1.29 is 5.11 Å². The standard InChI is InChI=1S/C8H9BrClNO/c9-8-6(10)2-1-3-7(8)11-4-5-12/h1-3,11-12H,4-5H2. The van der Waals surface area contributed by atoms with Gasteiger partial charge in [0.2, 0.25) is 0 Å². The van der Waals surface area contributed by atoms with Gasteiger partial charge in [-0.3, -0.25) is 0 Å². The highest BCUT2D eigenvalue weighted by Gasteiger charge is 2.01. The Balaban J connectivity index is 2.78. The summed E-state index contributed by atoms with van der Waals surface area (Å²) in [4.78, 5) is 0. The molecule has 0 aromatic heterocycles. The van der Waals surface area contributed by atoms with Gasteiger partial charge in [-0.15, -0.1) is 0 Å². The lowest BCUT2D eigenvalue weighted by Crippen LogP contribution is -2.05. The monoisotopic (exact) mass is 249 g/mol. The number of rotatable bonds is 3. The number of hydrogen-bond acceptors (Lipinski definition) is 2. The van der Waals surface area contributed by atoms with Gasteiger partial charge in [-0.2, -0.15) is 0 Å². The normalized spacial score (nSPS) is 9.92. The summed E-state index contributed by atoms with van der Waals surface area (Å²) in [7, 11) is 0. The number of halogens is 2. The van der Waals surface area contributed by atoms with Gasteiger partial charge in [-0.05, 0) is 28.1 Å². The molecule has 0 aliphatic rings. The molecule has 0 radical (unpaired) electrons. The molecule has 0 atom stereocenters. The molecule has 0 bridgehead atoms. The van der Waals surface area contributed by atoms with Crippen LogP contribution in [0.15, 0.2) is 22.7 Å². The Bertz CT molecular complexity index is 267. The second-order valence-corrected chi connectivity index (χ2v) is 3.45. The van der Waals surface area contributed by atoms with Gasteiger partial charge in [0.15, 0.2) is 0 Å². The molecule has 0 saturated carbocycles. The smallest absolute Gasteiger partial charge is 0.0604 e. The third-order valence-corrected chi connectivity index (χ3v) is 2.78. The first-order valence-electron chi connectivity index (χ1n) is 3.54. The molecule has 1 aromatic carbocycles. The molecule has 2 N–H and O–H groups in total. The van der Waals surface area contributed by atoms with Gasteiger partial charge >= 0.3 is 0 Å². The van der Waals surface area contributed by atoms with Crippen LogP contribution in [0.5, 0.6) is 0 Å². The third kappa shape index (κ3) is 2.37. The van der Waals surface area contributed by atoms with Crippen LogP contribution in [-0.4, -0.2) is 18.3 Å². The van der Waals surface area contributed by atoms with Crippen LogP contribution < -0.4 is 5.32 Å². The average molecular weight is 251 g/mol. The van der Waals surface area contributed by atoms with E-state index < -0.39 is 0 Å². The Morgan fingerprint density at radius 2 is 2.25 bits per heavy atom. The maximum atomic E-state index is 8.58. The predicted octanol–water partition coefficient (Wildman–Crippen LogP) is 2.51. The maximum absolute atomic E-state index is 8.58. The molecule has 0 heterocycles. The van der Waals surface area contributed by atoms with Crippen molar-refractivity contribution in [2.75, 3.05) is 18.5 Å². The molecular formula is C8H9BrClNO. The lowest BCUT2D eigenvalue weighted by molar-refractivity contribution is 0.311. The molecule has 2 nitrogen and oxygen atoms in total. The second kappa shape index (κ2) is 4.70. The van der Waals surface area contributed by atoms with E-state index in [2.05, 4.69) is 21.2 Å². The van der Waals surface area contributed by atoms with Crippen LogP contribution in [0.2, 0.25) is 5.02 Å². The van der Waals surface area contributed by atoms with Crippen LogP contribution in [0.1, 0.15) is 0 Å². The summed E-state index contributed by atoms with van der Waals surface area (Å²) in [5.74, 6) is 0. The molecule has 4 heteroatoms. The summed E-state index contributed by atoms with van der Waals surface area (Å²) in [6, 6.07) is 5.55. The second-order valence-electron chi connectivity index (χ2n) is 2.25. The molecule has 0 unspecified atom stereocenters. The molecule has 0 fully saturated rings. The van der Waals surface area contributed by atoms with E-state index in [9.17, 15) is 0 Å². The third-order valence-electron chi connectivity index (χ3n) is 1.38. The maximum Gasteiger partial charge on any atom is 0.0604 e. The summed E-state index contributed by atoms with van der Waals surface area (Å²) in [5, 5.41) is 12.3. The number of anilines is 1. The first kappa shape index (κ1) is 9.84. The summed E-state index contributed by atoms with van der Waals surface area (Å²) in [6.45, 7) is 0.637. The molecule has 1 rings (SSSR count). The highest BCUT2D eigenvalue weighted by atomic mass is 79.9. The summed E-state index contributed by atoms with van der Waals surface area (Å²) in [5.41, 5.74) is 0.900. The van der Waals surface area contributed by atoms with Gasteiger partial charge in [0.1, 0.15) is 0 Å². The fourth-order valence-electron chi connectivity index (χ4n) is 0.831. The zero-order chi connectivity index (χ0) is 8.97. The van der Waals surface area contributed by atoms with E-state index in [1.807, 2.05) is 12.1 Å². The lowest BCUT2D eigenvalue weighted by atomic mass is 10.3. The zero-order valence-electron chi connectivity index (χ0n) is 6.35. The molecule has 0 saturated heterocycles. The van der Waals surface area contributed by atoms with E-state index in [0.717, 1.165) is 10.2 Å². The van der Waals surface area contributed by atoms with Crippen molar-refractivity contribution in [3.63, 3.8) is 0 Å². The van der Waals surface area contributed by atoms with E-state index in [1.54, 1.807) is 6.07 Å². The lowest BCUT2D eigenvalue weighted by Gasteiger charge is -2.07. The van der Waals surface area contributed by atoms with E-state index in [0.29, 0.717) is 11.6 Å². The van der Waals surface area contributed by atoms with Crippen LogP contribution in [0.25, 0.3) is 0 Å². The number of aliphatic hydroxyl groups excluding tert-OH is 1. The van der Waals surface area contributed by atoms with Gasteiger partial charge < -0.3 is 10.4 Å². The van der Waals surface area contributed by atoms with E-state index in [-0.39, 0.29) is 6.61 Å². The van der Waals surface area contributed by atoms with Gasteiger partial charge in [-0.1, -0.05) is 17.7 Å². The first-order valence-corrected chi connectivity index (χ1v) is 4.71. The molecule has 0 aliphatic heterocycles. The number of hydrogen-bond donors (Lipinski definition) is 2. The minimum Gasteiger partial charge on any atom is -0.395 e. The Hall–Kier alpha value is -0.250. The molecule has 0 spiro atoms. The Morgan fingerprint density at radius 3 is 2.92 bits per heavy atom. The van der Waals surface area contributed by atoms with Gasteiger partial charge in [0.25, 0.3) is 0 Å². The molecule has 1 aromatic rings. The quantitative estimate of drug-likeness (QED) is 0.864. The minimum atomic E-state index is 0.110. The molecule has 0 aliphatic carbocycles. The topological polar surface area (TPSA) is 32.3 Å². The van der Waals surface area contributed by atoms with Crippen LogP contribution in [0, 0.1) is 0 Å². The van der Waals surface area contributed by atoms with Crippen molar-refractivity contribution in [1.82, 2.24) is 0 Å². The minimum absolute atomic E-state index is 0.110. The Kier molecular flexibility index (Phi) is 3.85. The predicted molar refractivity (Wildman–Crippen MR) is 54.7 cm³/mol. The molecule has 0 amide bonds. The molecular weight excluding hydrogens is 241 g/mol. The van der Waals surface area contributed by atoms with Crippen molar-refractivity contribution in [1.29, 1.82) is 0 Å². The van der Waals surface area contributed by atoms with Crippen LogP contribution >= 0.6 is 27.5 Å². The van der Waals surface area contributed by atoms with Crippen molar-refractivity contribution in [2.45, 2.75) is 0 Å². The largest absolute Gasteiger partial charge is 0.395 e. The Labute approximate surface area is 84.7 Å². The van der Waals surface area contributed by atoms with Gasteiger partial charge in [0.05, 0.1) is 21.8 Å². The first-order chi connectivity index (χ1) is 5.75. The molecule has 66 valence electrons. The number of aliphatic hydroxyl groups is 1. The highest BCUT2D eigenvalue weighted by Crippen LogP contribution is 2.29. The van der Waals surface area contributed by atoms with Crippen LogP contribution in [-0.2, 0) is 0 Å². The Morgan fingerprint density at radius 1 is 1.50 bits per heavy atom. The number of nitrogens with one attached hydrogen (secondary N) is 1. The van der Waals surface area contributed by atoms with Crippen molar-refractivity contribution >= 4 is 33.2 Å².